The molecule has 0 amide bonds. The summed E-state index contributed by atoms with van der Waals surface area (Å²) in [4.78, 5) is 15.8. The zero-order chi connectivity index (χ0) is 13.6. The number of fused-ring (bicyclic) bond motifs is 1. The number of aromatic nitrogens is 2. The maximum absolute atomic E-state index is 11.2. The fourth-order valence-corrected chi connectivity index (χ4v) is 3.09. The minimum absolute atomic E-state index is 0.119. The largest absolute Gasteiger partial charge is 0.480 e. The van der Waals surface area contributed by atoms with Crippen molar-refractivity contribution in [2.45, 2.75) is 37.8 Å². The number of rotatable bonds is 2. The van der Waals surface area contributed by atoms with Gasteiger partial charge in [0, 0.05) is 6.04 Å². The number of carboxylic acids is 1. The molecule has 2 atom stereocenters. The van der Waals surface area contributed by atoms with E-state index in [9.17, 15) is 9.90 Å². The molecule has 5 nitrogen and oxygen atoms in total. The molecule has 1 aromatic carbocycles. The Morgan fingerprint density at radius 2 is 2.26 bits per heavy atom. The Balaban J connectivity index is 2.02. The molecule has 0 saturated heterocycles. The summed E-state index contributed by atoms with van der Waals surface area (Å²) in [5, 5.41) is 9.22. The summed E-state index contributed by atoms with van der Waals surface area (Å²) in [7, 11) is 0. The number of para-hydroxylation sites is 2. The van der Waals surface area contributed by atoms with Gasteiger partial charge in [-0.05, 0) is 38.3 Å². The van der Waals surface area contributed by atoms with Crippen LogP contribution in [0.1, 0.15) is 31.1 Å². The summed E-state index contributed by atoms with van der Waals surface area (Å²) < 4.78 is 2.13. The van der Waals surface area contributed by atoms with E-state index < -0.39 is 11.5 Å². The van der Waals surface area contributed by atoms with Crippen LogP contribution in [-0.2, 0) is 4.79 Å². The molecule has 0 spiro atoms. The molecule has 0 bridgehead atoms. The van der Waals surface area contributed by atoms with Crippen LogP contribution in [0.4, 0.5) is 0 Å². The number of aliphatic carboxylic acids is 1. The highest BCUT2D eigenvalue weighted by atomic mass is 16.4. The van der Waals surface area contributed by atoms with Crippen molar-refractivity contribution in [3.05, 3.63) is 30.1 Å². The van der Waals surface area contributed by atoms with Gasteiger partial charge in [0.05, 0.1) is 11.0 Å². The molecule has 1 heterocycles. The van der Waals surface area contributed by atoms with Crippen LogP contribution in [0.2, 0.25) is 0 Å². The van der Waals surface area contributed by atoms with E-state index in [0.29, 0.717) is 12.8 Å². The number of imidazole rings is 1. The van der Waals surface area contributed by atoms with Crippen molar-refractivity contribution < 1.29 is 9.90 Å². The van der Waals surface area contributed by atoms with E-state index in [1.165, 1.54) is 0 Å². The fourth-order valence-electron chi connectivity index (χ4n) is 3.09. The Morgan fingerprint density at radius 3 is 2.95 bits per heavy atom. The normalized spacial score (nSPS) is 26.9. The number of benzene rings is 1. The number of nitrogens with zero attached hydrogens (tertiary/aromatic N) is 2. The van der Waals surface area contributed by atoms with Gasteiger partial charge >= 0.3 is 5.97 Å². The molecule has 19 heavy (non-hydrogen) atoms. The molecule has 2 aromatic rings. The van der Waals surface area contributed by atoms with Crippen LogP contribution in [0, 0.1) is 6.92 Å². The lowest BCUT2D eigenvalue weighted by atomic mass is 9.99. The molecule has 3 rings (SSSR count). The van der Waals surface area contributed by atoms with Crippen LogP contribution in [0.25, 0.3) is 11.0 Å². The predicted molar refractivity (Wildman–Crippen MR) is 71.9 cm³/mol. The van der Waals surface area contributed by atoms with Crippen molar-refractivity contribution in [1.29, 1.82) is 0 Å². The van der Waals surface area contributed by atoms with E-state index in [0.717, 1.165) is 23.3 Å². The predicted octanol–water partition coefficient (Wildman–Crippen LogP) is 1.85. The first-order valence-corrected chi connectivity index (χ1v) is 6.47. The lowest BCUT2D eigenvalue weighted by molar-refractivity contribution is -0.143. The molecule has 2 unspecified atom stereocenters. The van der Waals surface area contributed by atoms with Crippen LogP contribution >= 0.6 is 0 Å². The number of carboxylic acid groups (broad SMARTS) is 1. The molecule has 1 aromatic heterocycles. The van der Waals surface area contributed by atoms with Gasteiger partial charge in [-0.25, -0.2) is 4.98 Å². The van der Waals surface area contributed by atoms with Crippen LogP contribution in [0.15, 0.2) is 24.3 Å². The van der Waals surface area contributed by atoms with Gasteiger partial charge in [0.1, 0.15) is 11.4 Å². The summed E-state index contributed by atoms with van der Waals surface area (Å²) in [6, 6.07) is 8.04. The molecule has 3 N–H and O–H groups in total. The van der Waals surface area contributed by atoms with Crippen molar-refractivity contribution in [2.24, 2.45) is 5.73 Å². The average Bonchev–Trinajstić information content (AvgIpc) is 2.90. The Morgan fingerprint density at radius 1 is 1.53 bits per heavy atom. The minimum Gasteiger partial charge on any atom is -0.480 e. The number of hydrogen-bond donors (Lipinski definition) is 2. The van der Waals surface area contributed by atoms with Crippen molar-refractivity contribution >= 4 is 17.0 Å². The smallest absolute Gasteiger partial charge is 0.323 e. The first-order chi connectivity index (χ1) is 9.01. The van der Waals surface area contributed by atoms with Crippen LogP contribution in [0.5, 0.6) is 0 Å². The Bertz CT molecular complexity index is 649. The topological polar surface area (TPSA) is 81.1 Å². The molecular formula is C14H17N3O2. The molecule has 0 radical (unpaired) electrons. The molecule has 1 fully saturated rings. The highest BCUT2D eigenvalue weighted by Gasteiger charge is 2.43. The minimum atomic E-state index is -1.09. The Labute approximate surface area is 111 Å². The highest BCUT2D eigenvalue weighted by Crippen LogP contribution is 2.38. The molecule has 1 saturated carbocycles. The van der Waals surface area contributed by atoms with Crippen molar-refractivity contribution in [1.82, 2.24) is 9.55 Å². The second-order valence-corrected chi connectivity index (χ2v) is 5.38. The van der Waals surface area contributed by atoms with Gasteiger partial charge in [-0.15, -0.1) is 0 Å². The molecular weight excluding hydrogens is 242 g/mol. The third-order valence-corrected chi connectivity index (χ3v) is 4.09. The zero-order valence-electron chi connectivity index (χ0n) is 10.8. The van der Waals surface area contributed by atoms with E-state index in [1.807, 2.05) is 31.2 Å². The SMILES string of the molecule is Cc1nc2ccccc2n1C1CCC(N)(C(=O)O)C1. The summed E-state index contributed by atoms with van der Waals surface area (Å²) >= 11 is 0. The van der Waals surface area contributed by atoms with E-state index in [2.05, 4.69) is 9.55 Å². The highest BCUT2D eigenvalue weighted by molar-refractivity contribution is 5.79. The molecule has 0 aliphatic heterocycles. The van der Waals surface area contributed by atoms with Gasteiger partial charge in [0.25, 0.3) is 0 Å². The van der Waals surface area contributed by atoms with Crippen LogP contribution in [-0.4, -0.2) is 26.2 Å². The quantitative estimate of drug-likeness (QED) is 0.862. The van der Waals surface area contributed by atoms with Gasteiger partial charge in [-0.2, -0.15) is 0 Å². The van der Waals surface area contributed by atoms with E-state index >= 15 is 0 Å². The summed E-state index contributed by atoms with van der Waals surface area (Å²) in [6.07, 6.45) is 1.76. The van der Waals surface area contributed by atoms with E-state index in [4.69, 9.17) is 5.73 Å². The second kappa shape index (κ2) is 4.06. The van der Waals surface area contributed by atoms with Gasteiger partial charge in [-0.1, -0.05) is 12.1 Å². The van der Waals surface area contributed by atoms with E-state index in [1.54, 1.807) is 0 Å². The number of carbonyl (C=O) groups is 1. The van der Waals surface area contributed by atoms with Crippen molar-refractivity contribution in [3.63, 3.8) is 0 Å². The monoisotopic (exact) mass is 259 g/mol. The Hall–Kier alpha value is -1.88. The first kappa shape index (κ1) is 12.2. The first-order valence-electron chi connectivity index (χ1n) is 6.47. The molecule has 1 aliphatic carbocycles. The molecule has 1 aliphatic rings. The third-order valence-electron chi connectivity index (χ3n) is 4.09. The van der Waals surface area contributed by atoms with Gasteiger partial charge in [-0.3, -0.25) is 4.79 Å². The van der Waals surface area contributed by atoms with Crippen LogP contribution < -0.4 is 5.73 Å². The van der Waals surface area contributed by atoms with Gasteiger partial charge < -0.3 is 15.4 Å². The summed E-state index contributed by atoms with van der Waals surface area (Å²) in [5.74, 6) is 0.0120. The average molecular weight is 259 g/mol. The summed E-state index contributed by atoms with van der Waals surface area (Å²) in [5.41, 5.74) is 6.87. The zero-order valence-corrected chi connectivity index (χ0v) is 10.8. The van der Waals surface area contributed by atoms with Crippen LogP contribution in [0.3, 0.4) is 0 Å². The maximum atomic E-state index is 11.2. The third kappa shape index (κ3) is 1.81. The maximum Gasteiger partial charge on any atom is 0.323 e. The van der Waals surface area contributed by atoms with Gasteiger partial charge in [0.2, 0.25) is 0 Å². The number of hydrogen-bond acceptors (Lipinski definition) is 3. The Kier molecular flexibility index (Phi) is 2.60. The van der Waals surface area contributed by atoms with Crippen molar-refractivity contribution in [2.75, 3.05) is 0 Å². The number of nitrogens with two attached hydrogens (primary N) is 1. The summed E-state index contributed by atoms with van der Waals surface area (Å²) in [6.45, 7) is 1.96. The lowest BCUT2D eigenvalue weighted by Crippen LogP contribution is -2.45. The van der Waals surface area contributed by atoms with Gasteiger partial charge in [0.15, 0.2) is 0 Å². The van der Waals surface area contributed by atoms with E-state index in [-0.39, 0.29) is 6.04 Å². The second-order valence-electron chi connectivity index (χ2n) is 5.38. The lowest BCUT2D eigenvalue weighted by Gasteiger charge is -2.20. The molecule has 5 heteroatoms. The standard InChI is InChI=1S/C14H17N3O2/c1-9-16-11-4-2-3-5-12(11)17(9)10-6-7-14(15,8-10)13(18)19/h2-5,10H,6-8,15H2,1H3,(H,18,19). The fraction of sp³-hybridized carbons (Fsp3) is 0.429. The number of aryl methyl sites for hydroxylation is 1. The molecule has 100 valence electrons. The van der Waals surface area contributed by atoms with Crippen molar-refractivity contribution in [3.8, 4) is 0 Å².